The average molecular weight is 306 g/mol. The van der Waals surface area contributed by atoms with Gasteiger partial charge in [0.15, 0.2) is 11.5 Å². The molecule has 2 aliphatic rings. The molecule has 2 aliphatic heterocycles. The van der Waals surface area contributed by atoms with Gasteiger partial charge in [-0.3, -0.25) is 9.80 Å². The Morgan fingerprint density at radius 3 is 2.50 bits per heavy atom. The maximum Gasteiger partial charge on any atom is 0.161 e. The molecule has 5 nitrogen and oxygen atoms in total. The fraction of sp³-hybridized carbons (Fsp3) is 0.647. The molecule has 0 unspecified atom stereocenters. The van der Waals surface area contributed by atoms with Gasteiger partial charge in [-0.05, 0) is 24.6 Å². The summed E-state index contributed by atoms with van der Waals surface area (Å²) in [6.07, 6.45) is 0. The fourth-order valence-corrected chi connectivity index (χ4v) is 2.95. The lowest BCUT2D eigenvalue weighted by atomic mass is 10.1. The van der Waals surface area contributed by atoms with Crippen molar-refractivity contribution in [1.29, 1.82) is 0 Å². The Hall–Kier alpha value is -1.30. The molecular formula is C17H26N2O3. The third-order valence-corrected chi connectivity index (χ3v) is 4.23. The Morgan fingerprint density at radius 1 is 1.00 bits per heavy atom. The predicted octanol–water partition coefficient (Wildman–Crippen LogP) is 1.61. The summed E-state index contributed by atoms with van der Waals surface area (Å²) in [5.74, 6) is 1.76. The number of hydrogen-bond acceptors (Lipinski definition) is 5. The van der Waals surface area contributed by atoms with Crippen molar-refractivity contribution in [3.05, 3.63) is 23.8 Å². The van der Waals surface area contributed by atoms with Gasteiger partial charge in [-0.15, -0.1) is 0 Å². The second kappa shape index (κ2) is 7.81. The highest BCUT2D eigenvalue weighted by Crippen LogP contribution is 2.31. The van der Waals surface area contributed by atoms with Gasteiger partial charge in [-0.1, -0.05) is 6.07 Å². The van der Waals surface area contributed by atoms with Crippen LogP contribution in [0.4, 0.5) is 0 Å². The Labute approximate surface area is 132 Å². The topological polar surface area (TPSA) is 34.2 Å². The summed E-state index contributed by atoms with van der Waals surface area (Å²) < 4.78 is 16.7. The summed E-state index contributed by atoms with van der Waals surface area (Å²) in [6, 6.07) is 6.30. The van der Waals surface area contributed by atoms with E-state index in [9.17, 15) is 0 Å². The number of benzene rings is 1. The van der Waals surface area contributed by atoms with E-state index in [2.05, 4.69) is 21.9 Å². The van der Waals surface area contributed by atoms with Crippen molar-refractivity contribution in [3.8, 4) is 11.5 Å². The molecule has 1 saturated heterocycles. The first kappa shape index (κ1) is 15.6. The minimum Gasteiger partial charge on any atom is -0.486 e. The Kier molecular flexibility index (Phi) is 5.53. The van der Waals surface area contributed by atoms with Crippen LogP contribution in [0, 0.1) is 0 Å². The largest absolute Gasteiger partial charge is 0.486 e. The SMILES string of the molecule is CCOCCN1CCN(Cc2ccc3c(c2)OCCO3)CC1. The summed E-state index contributed by atoms with van der Waals surface area (Å²) >= 11 is 0. The summed E-state index contributed by atoms with van der Waals surface area (Å²) in [6.45, 7) is 11.5. The van der Waals surface area contributed by atoms with Crippen LogP contribution in [0.2, 0.25) is 0 Å². The molecule has 0 aliphatic carbocycles. The lowest BCUT2D eigenvalue weighted by Gasteiger charge is -2.34. The van der Waals surface area contributed by atoms with Crippen LogP contribution in [-0.4, -0.2) is 69.0 Å². The number of piperazine rings is 1. The molecule has 0 bridgehead atoms. The molecule has 3 rings (SSSR count). The van der Waals surface area contributed by atoms with Crippen LogP contribution in [0.25, 0.3) is 0 Å². The van der Waals surface area contributed by atoms with Gasteiger partial charge in [-0.25, -0.2) is 0 Å². The quantitative estimate of drug-likeness (QED) is 0.746. The molecular weight excluding hydrogens is 280 g/mol. The van der Waals surface area contributed by atoms with Crippen LogP contribution >= 0.6 is 0 Å². The van der Waals surface area contributed by atoms with Crippen molar-refractivity contribution in [2.45, 2.75) is 13.5 Å². The highest BCUT2D eigenvalue weighted by atomic mass is 16.6. The molecule has 122 valence electrons. The molecule has 1 aromatic rings. The minimum atomic E-state index is 0.648. The highest BCUT2D eigenvalue weighted by Gasteiger charge is 2.18. The smallest absolute Gasteiger partial charge is 0.161 e. The first-order valence-corrected chi connectivity index (χ1v) is 8.26. The van der Waals surface area contributed by atoms with E-state index in [1.807, 2.05) is 13.0 Å². The Morgan fingerprint density at radius 2 is 1.73 bits per heavy atom. The normalized spacial score (nSPS) is 19.3. The molecule has 22 heavy (non-hydrogen) atoms. The van der Waals surface area contributed by atoms with Gasteiger partial charge < -0.3 is 14.2 Å². The summed E-state index contributed by atoms with van der Waals surface area (Å²) in [4.78, 5) is 4.98. The van der Waals surface area contributed by atoms with Gasteiger partial charge in [0.2, 0.25) is 0 Å². The molecule has 1 aromatic carbocycles. The molecule has 0 spiro atoms. The van der Waals surface area contributed by atoms with E-state index in [-0.39, 0.29) is 0 Å². The zero-order valence-electron chi connectivity index (χ0n) is 13.4. The van der Waals surface area contributed by atoms with Gasteiger partial charge in [-0.2, -0.15) is 0 Å². The summed E-state index contributed by atoms with van der Waals surface area (Å²) in [5, 5.41) is 0. The van der Waals surface area contributed by atoms with Gasteiger partial charge in [0.05, 0.1) is 6.61 Å². The number of nitrogens with zero attached hydrogens (tertiary/aromatic N) is 2. The minimum absolute atomic E-state index is 0.648. The maximum absolute atomic E-state index is 5.66. The van der Waals surface area contributed by atoms with Crippen molar-refractivity contribution >= 4 is 0 Å². The molecule has 5 heteroatoms. The number of ether oxygens (including phenoxy) is 3. The van der Waals surface area contributed by atoms with Crippen molar-refractivity contribution in [2.24, 2.45) is 0 Å². The maximum atomic E-state index is 5.66. The molecule has 0 N–H and O–H groups in total. The van der Waals surface area contributed by atoms with Gasteiger partial charge >= 0.3 is 0 Å². The molecule has 0 aromatic heterocycles. The molecule has 2 heterocycles. The third kappa shape index (κ3) is 4.12. The standard InChI is InChI=1S/C17H26N2O3/c1-2-20-10-9-18-5-7-19(8-6-18)14-15-3-4-16-17(13-15)22-12-11-21-16/h3-4,13H,2,5-12,14H2,1H3. The van der Waals surface area contributed by atoms with E-state index in [1.165, 1.54) is 5.56 Å². The number of rotatable bonds is 6. The van der Waals surface area contributed by atoms with Crippen molar-refractivity contribution in [2.75, 3.05) is 59.2 Å². The Bertz CT molecular complexity index is 473. The zero-order valence-corrected chi connectivity index (χ0v) is 13.4. The molecule has 0 saturated carbocycles. The second-order valence-corrected chi connectivity index (χ2v) is 5.79. The first-order chi connectivity index (χ1) is 10.8. The van der Waals surface area contributed by atoms with Crippen LogP contribution in [0.3, 0.4) is 0 Å². The highest BCUT2D eigenvalue weighted by molar-refractivity contribution is 5.43. The van der Waals surface area contributed by atoms with E-state index in [0.717, 1.165) is 64.0 Å². The van der Waals surface area contributed by atoms with E-state index >= 15 is 0 Å². The average Bonchev–Trinajstić information content (AvgIpc) is 2.57. The predicted molar refractivity (Wildman–Crippen MR) is 85.6 cm³/mol. The molecule has 1 fully saturated rings. The lowest BCUT2D eigenvalue weighted by molar-refractivity contribution is 0.0785. The second-order valence-electron chi connectivity index (χ2n) is 5.79. The van der Waals surface area contributed by atoms with Crippen LogP contribution in [0.15, 0.2) is 18.2 Å². The fourth-order valence-electron chi connectivity index (χ4n) is 2.95. The summed E-state index contributed by atoms with van der Waals surface area (Å²) in [5.41, 5.74) is 1.30. The van der Waals surface area contributed by atoms with Crippen molar-refractivity contribution in [3.63, 3.8) is 0 Å². The molecule has 0 atom stereocenters. The third-order valence-electron chi connectivity index (χ3n) is 4.23. The van der Waals surface area contributed by atoms with Gasteiger partial charge in [0.25, 0.3) is 0 Å². The van der Waals surface area contributed by atoms with Crippen LogP contribution in [0.1, 0.15) is 12.5 Å². The summed E-state index contributed by atoms with van der Waals surface area (Å²) in [7, 11) is 0. The zero-order chi connectivity index (χ0) is 15.2. The number of fused-ring (bicyclic) bond motifs is 1. The lowest BCUT2D eigenvalue weighted by Crippen LogP contribution is -2.46. The van der Waals surface area contributed by atoms with E-state index in [1.54, 1.807) is 0 Å². The van der Waals surface area contributed by atoms with Gasteiger partial charge in [0.1, 0.15) is 13.2 Å². The number of hydrogen-bond donors (Lipinski definition) is 0. The van der Waals surface area contributed by atoms with E-state index in [4.69, 9.17) is 14.2 Å². The van der Waals surface area contributed by atoms with E-state index < -0.39 is 0 Å². The molecule has 0 amide bonds. The van der Waals surface area contributed by atoms with Crippen molar-refractivity contribution in [1.82, 2.24) is 9.80 Å². The molecule has 0 radical (unpaired) electrons. The van der Waals surface area contributed by atoms with Crippen molar-refractivity contribution < 1.29 is 14.2 Å². The first-order valence-electron chi connectivity index (χ1n) is 8.26. The van der Waals surface area contributed by atoms with Crippen LogP contribution in [0.5, 0.6) is 11.5 Å². The van der Waals surface area contributed by atoms with E-state index in [0.29, 0.717) is 13.2 Å². The van der Waals surface area contributed by atoms with Gasteiger partial charge in [0, 0.05) is 45.9 Å². The Balaban J connectivity index is 1.46. The van der Waals surface area contributed by atoms with Crippen LogP contribution in [-0.2, 0) is 11.3 Å². The monoisotopic (exact) mass is 306 g/mol. The van der Waals surface area contributed by atoms with Crippen LogP contribution < -0.4 is 9.47 Å².